The third kappa shape index (κ3) is 3.25. The Balaban J connectivity index is 3.27. The maximum atomic E-state index is 11.5. The summed E-state index contributed by atoms with van der Waals surface area (Å²) in [6.07, 6.45) is 1.21. The van der Waals surface area contributed by atoms with Gasteiger partial charge in [0.25, 0.3) is 0 Å². The summed E-state index contributed by atoms with van der Waals surface area (Å²) in [5.41, 5.74) is 0.380. The molecule has 1 rings (SSSR count). The Kier molecular flexibility index (Phi) is 5.48. The van der Waals surface area contributed by atoms with Crippen molar-refractivity contribution in [1.29, 1.82) is 0 Å². The number of rotatable bonds is 7. The Hall–Kier alpha value is -2.12. The van der Waals surface area contributed by atoms with E-state index in [0.29, 0.717) is 24.5 Å². The number of esters is 1. The maximum Gasteiger partial charge on any atom is 0.334 e. The number of aryl methyl sites for hydroxylation is 2. The van der Waals surface area contributed by atoms with Crippen LogP contribution < -0.4 is 4.90 Å². The van der Waals surface area contributed by atoms with Crippen molar-refractivity contribution in [3.8, 4) is 0 Å². The minimum absolute atomic E-state index is 0.0339. The molecule has 0 amide bonds. The van der Waals surface area contributed by atoms with Crippen molar-refractivity contribution in [3.63, 3.8) is 0 Å². The fourth-order valence-electron chi connectivity index (χ4n) is 2.09. The second kappa shape index (κ2) is 6.88. The summed E-state index contributed by atoms with van der Waals surface area (Å²) in [7, 11) is 2.93. The zero-order valence-electron chi connectivity index (χ0n) is 12.3. The van der Waals surface area contributed by atoms with Crippen LogP contribution in [0.1, 0.15) is 26.0 Å². The Labute approximate surface area is 117 Å². The van der Waals surface area contributed by atoms with E-state index in [4.69, 9.17) is 0 Å². The number of anilines is 1. The summed E-state index contributed by atoms with van der Waals surface area (Å²) < 4.78 is 6.10. The van der Waals surface area contributed by atoms with Crippen molar-refractivity contribution < 1.29 is 14.5 Å². The van der Waals surface area contributed by atoms with Crippen molar-refractivity contribution in [1.82, 2.24) is 9.78 Å². The molecule has 0 N–H and O–H groups in total. The fourth-order valence-corrected chi connectivity index (χ4v) is 2.09. The summed E-state index contributed by atoms with van der Waals surface area (Å²) >= 11 is 0. The Morgan fingerprint density at radius 1 is 1.50 bits per heavy atom. The van der Waals surface area contributed by atoms with Crippen LogP contribution in [0.25, 0.3) is 0 Å². The van der Waals surface area contributed by atoms with Crippen molar-refractivity contribution in [3.05, 3.63) is 15.8 Å². The first-order chi connectivity index (χ1) is 9.46. The van der Waals surface area contributed by atoms with Gasteiger partial charge in [-0.3, -0.25) is 14.9 Å². The van der Waals surface area contributed by atoms with E-state index in [2.05, 4.69) is 9.84 Å². The molecule has 1 heterocycles. The van der Waals surface area contributed by atoms with E-state index < -0.39 is 10.9 Å². The second-order valence-corrected chi connectivity index (χ2v) is 4.35. The second-order valence-electron chi connectivity index (χ2n) is 4.35. The van der Waals surface area contributed by atoms with Gasteiger partial charge < -0.3 is 9.64 Å². The van der Waals surface area contributed by atoms with Crippen LogP contribution in [0.5, 0.6) is 0 Å². The van der Waals surface area contributed by atoms with Crippen LogP contribution in [-0.2, 0) is 23.0 Å². The Morgan fingerprint density at radius 3 is 2.60 bits per heavy atom. The van der Waals surface area contributed by atoms with Gasteiger partial charge in [0, 0.05) is 13.6 Å². The third-order valence-corrected chi connectivity index (χ3v) is 2.92. The molecule has 8 nitrogen and oxygen atoms in total. The number of carbonyl (C=O) groups is 1. The molecule has 0 aliphatic carbocycles. The molecule has 0 aromatic carbocycles. The van der Waals surface area contributed by atoms with Crippen molar-refractivity contribution in [2.75, 3.05) is 25.1 Å². The topological polar surface area (TPSA) is 90.5 Å². The lowest BCUT2D eigenvalue weighted by molar-refractivity contribution is -0.384. The van der Waals surface area contributed by atoms with Crippen LogP contribution in [-0.4, -0.2) is 40.9 Å². The van der Waals surface area contributed by atoms with E-state index in [-0.39, 0.29) is 12.2 Å². The van der Waals surface area contributed by atoms with E-state index in [1.165, 1.54) is 11.8 Å². The molecule has 0 radical (unpaired) electrons. The van der Waals surface area contributed by atoms with Gasteiger partial charge in [-0.15, -0.1) is 0 Å². The zero-order chi connectivity index (χ0) is 15.3. The molecule has 8 heteroatoms. The van der Waals surface area contributed by atoms with Crippen LogP contribution in [0.2, 0.25) is 0 Å². The largest absolute Gasteiger partial charge is 0.468 e. The van der Waals surface area contributed by atoms with Gasteiger partial charge in [-0.25, -0.2) is 4.68 Å². The highest BCUT2D eigenvalue weighted by Crippen LogP contribution is 2.31. The predicted molar refractivity (Wildman–Crippen MR) is 73.8 cm³/mol. The van der Waals surface area contributed by atoms with E-state index in [0.717, 1.165) is 6.42 Å². The fraction of sp³-hybridized carbons (Fsp3) is 0.667. The number of aromatic nitrogens is 2. The Bertz CT molecular complexity index is 498. The molecule has 0 fully saturated rings. The van der Waals surface area contributed by atoms with Crippen LogP contribution in [0.15, 0.2) is 0 Å². The highest BCUT2D eigenvalue weighted by atomic mass is 16.6. The van der Waals surface area contributed by atoms with E-state index in [1.54, 1.807) is 11.9 Å². The van der Waals surface area contributed by atoms with Gasteiger partial charge in [0.15, 0.2) is 0 Å². The summed E-state index contributed by atoms with van der Waals surface area (Å²) in [6.45, 7) is 4.23. The molecule has 0 aliphatic heterocycles. The number of ether oxygens (including phenoxy) is 1. The summed E-state index contributed by atoms with van der Waals surface area (Å²) in [6, 6.07) is 0. The third-order valence-electron chi connectivity index (χ3n) is 2.92. The molecule has 0 atom stereocenters. The van der Waals surface area contributed by atoms with Crippen LogP contribution in [0, 0.1) is 10.1 Å². The monoisotopic (exact) mass is 284 g/mol. The first kappa shape index (κ1) is 15.9. The number of methoxy groups -OCH3 is 1. The van der Waals surface area contributed by atoms with Crippen LogP contribution in [0.3, 0.4) is 0 Å². The summed E-state index contributed by atoms with van der Waals surface area (Å²) in [4.78, 5) is 24.0. The maximum absolute atomic E-state index is 11.5. The standard InChI is InChI=1S/C12H20N4O4/c1-5-7-15(8-10(17)20-4)12-11(16(18)19)9(6-2)13-14(12)3/h5-8H2,1-4H3. The first-order valence-corrected chi connectivity index (χ1v) is 6.48. The molecular weight excluding hydrogens is 264 g/mol. The molecule has 1 aromatic rings. The molecule has 0 saturated carbocycles. The van der Waals surface area contributed by atoms with Gasteiger partial charge in [-0.2, -0.15) is 5.10 Å². The lowest BCUT2D eigenvalue weighted by Crippen LogP contribution is -2.33. The molecule has 0 bridgehead atoms. The number of carbonyl (C=O) groups excluding carboxylic acids is 1. The average Bonchev–Trinajstić information content (AvgIpc) is 2.74. The number of nitrogens with zero attached hydrogens (tertiary/aromatic N) is 4. The molecule has 112 valence electrons. The molecule has 0 unspecified atom stereocenters. The number of nitro groups is 1. The highest BCUT2D eigenvalue weighted by molar-refractivity contribution is 5.77. The molecule has 0 saturated heterocycles. The van der Waals surface area contributed by atoms with Crippen LogP contribution in [0.4, 0.5) is 11.5 Å². The van der Waals surface area contributed by atoms with Crippen LogP contribution >= 0.6 is 0 Å². The molecule has 0 spiro atoms. The van der Waals surface area contributed by atoms with Gasteiger partial charge >= 0.3 is 11.7 Å². The van der Waals surface area contributed by atoms with E-state index in [1.807, 2.05) is 13.8 Å². The number of hydrogen-bond donors (Lipinski definition) is 0. The van der Waals surface area contributed by atoms with Gasteiger partial charge in [0.1, 0.15) is 12.2 Å². The first-order valence-electron chi connectivity index (χ1n) is 6.48. The quantitative estimate of drug-likeness (QED) is 0.425. The van der Waals surface area contributed by atoms with Gasteiger partial charge in [-0.05, 0) is 12.8 Å². The van der Waals surface area contributed by atoms with Crippen molar-refractivity contribution in [2.45, 2.75) is 26.7 Å². The van der Waals surface area contributed by atoms with Crippen molar-refractivity contribution >= 4 is 17.5 Å². The van der Waals surface area contributed by atoms with Gasteiger partial charge in [0.2, 0.25) is 5.82 Å². The summed E-state index contributed by atoms with van der Waals surface area (Å²) in [5.74, 6) is -0.0916. The highest BCUT2D eigenvalue weighted by Gasteiger charge is 2.30. The lowest BCUT2D eigenvalue weighted by atomic mass is 10.2. The van der Waals surface area contributed by atoms with Crippen molar-refractivity contribution in [2.24, 2.45) is 7.05 Å². The lowest BCUT2D eigenvalue weighted by Gasteiger charge is -2.21. The Morgan fingerprint density at radius 2 is 2.15 bits per heavy atom. The molecule has 0 aliphatic rings. The predicted octanol–water partition coefficient (Wildman–Crippen LogP) is 1.28. The van der Waals surface area contributed by atoms with E-state index in [9.17, 15) is 14.9 Å². The van der Waals surface area contributed by atoms with E-state index >= 15 is 0 Å². The number of hydrogen-bond acceptors (Lipinski definition) is 6. The summed E-state index contributed by atoms with van der Waals surface area (Å²) in [5, 5.41) is 15.5. The smallest absolute Gasteiger partial charge is 0.334 e. The molecule has 20 heavy (non-hydrogen) atoms. The normalized spacial score (nSPS) is 10.4. The minimum atomic E-state index is -0.443. The average molecular weight is 284 g/mol. The SMILES string of the molecule is CCCN(CC(=O)OC)c1c([N+](=O)[O-])c(CC)nn1C. The van der Waals surface area contributed by atoms with Gasteiger partial charge in [-0.1, -0.05) is 13.8 Å². The molecule has 1 aromatic heterocycles. The van der Waals surface area contributed by atoms with Gasteiger partial charge in [0.05, 0.1) is 12.0 Å². The zero-order valence-corrected chi connectivity index (χ0v) is 12.3. The minimum Gasteiger partial charge on any atom is -0.468 e. The molecular formula is C12H20N4O4.